The minimum Gasteiger partial charge on any atom is -0.354 e. The highest BCUT2D eigenvalue weighted by Gasteiger charge is 2.36. The summed E-state index contributed by atoms with van der Waals surface area (Å²) in [5.74, 6) is -0.151. The van der Waals surface area contributed by atoms with E-state index in [1.54, 1.807) is 0 Å². The molecule has 146 valence electrons. The third-order valence-corrected chi connectivity index (χ3v) is 5.51. The number of nitrogens with one attached hydrogen (secondary N) is 3. The Bertz CT molecular complexity index is 918. The van der Waals surface area contributed by atoms with Gasteiger partial charge in [-0.3, -0.25) is 4.79 Å². The zero-order chi connectivity index (χ0) is 20.4. The molecule has 0 spiro atoms. The first kappa shape index (κ1) is 20.1. The molecule has 0 saturated carbocycles. The summed E-state index contributed by atoms with van der Waals surface area (Å²) >= 11 is 5.31. The molecule has 4 nitrogen and oxygen atoms in total. The highest BCUT2D eigenvalue weighted by molar-refractivity contribution is 7.80. The molecule has 2 aromatic carbocycles. The zero-order valence-electron chi connectivity index (χ0n) is 16.8. The molecule has 2 aromatic rings. The summed E-state index contributed by atoms with van der Waals surface area (Å²) in [6, 6.07) is 14.0. The first-order chi connectivity index (χ1) is 13.3. The summed E-state index contributed by atoms with van der Waals surface area (Å²) < 4.78 is 0. The molecule has 3 rings (SSSR count). The molecule has 1 aliphatic heterocycles. The molecule has 0 unspecified atom stereocenters. The summed E-state index contributed by atoms with van der Waals surface area (Å²) in [7, 11) is 0. The molecular formula is C23H27N3OS. The van der Waals surface area contributed by atoms with Gasteiger partial charge in [-0.05, 0) is 66.4 Å². The zero-order valence-corrected chi connectivity index (χ0v) is 17.6. The lowest BCUT2D eigenvalue weighted by Crippen LogP contribution is -2.51. The average molecular weight is 394 g/mol. The lowest BCUT2D eigenvalue weighted by Gasteiger charge is -2.35. The number of hydrogen-bond donors (Lipinski definition) is 3. The molecule has 0 bridgehead atoms. The Balaban J connectivity index is 1.88. The molecule has 0 radical (unpaired) electrons. The number of hydrogen-bond acceptors (Lipinski definition) is 2. The summed E-state index contributed by atoms with van der Waals surface area (Å²) in [5.41, 5.74) is 5.98. The number of anilines is 1. The molecule has 3 N–H and O–H groups in total. The highest BCUT2D eigenvalue weighted by atomic mass is 32.1. The lowest BCUT2D eigenvalue weighted by atomic mass is 9.87. The average Bonchev–Trinajstić information content (AvgIpc) is 2.64. The normalized spacial score (nSPS) is 19.2. The van der Waals surface area contributed by atoms with E-state index in [1.165, 1.54) is 11.1 Å². The van der Waals surface area contributed by atoms with Gasteiger partial charge in [0.25, 0.3) is 0 Å². The Labute approximate surface area is 172 Å². The van der Waals surface area contributed by atoms with E-state index in [2.05, 4.69) is 67.6 Å². The first-order valence-electron chi connectivity index (χ1n) is 9.50. The van der Waals surface area contributed by atoms with Crippen LogP contribution < -0.4 is 16.0 Å². The predicted octanol–water partition coefficient (Wildman–Crippen LogP) is 4.71. The van der Waals surface area contributed by atoms with Gasteiger partial charge >= 0.3 is 0 Å². The van der Waals surface area contributed by atoms with Crippen LogP contribution in [0.15, 0.2) is 54.7 Å². The largest absolute Gasteiger partial charge is 0.354 e. The third-order valence-electron chi connectivity index (χ3n) is 5.29. The van der Waals surface area contributed by atoms with Crippen molar-refractivity contribution in [1.29, 1.82) is 0 Å². The van der Waals surface area contributed by atoms with Gasteiger partial charge in [-0.15, -0.1) is 0 Å². The fourth-order valence-corrected chi connectivity index (χ4v) is 3.66. The van der Waals surface area contributed by atoms with Gasteiger partial charge in [0.2, 0.25) is 5.91 Å². The Hall–Kier alpha value is -2.66. The van der Waals surface area contributed by atoms with Crippen LogP contribution in [0, 0.1) is 19.8 Å². The molecule has 1 saturated heterocycles. The molecule has 1 amide bonds. The van der Waals surface area contributed by atoms with Crippen LogP contribution in [-0.4, -0.2) is 11.0 Å². The van der Waals surface area contributed by atoms with Gasteiger partial charge in [-0.25, -0.2) is 0 Å². The van der Waals surface area contributed by atoms with Gasteiger partial charge < -0.3 is 16.0 Å². The second kappa shape index (κ2) is 8.15. The summed E-state index contributed by atoms with van der Waals surface area (Å²) in [4.78, 5) is 13.1. The predicted molar refractivity (Wildman–Crippen MR) is 119 cm³/mol. The molecular weight excluding hydrogens is 366 g/mol. The minimum absolute atomic E-state index is 0.117. The smallest absolute Gasteiger partial charge is 0.235 e. The molecule has 1 fully saturated rings. The summed E-state index contributed by atoms with van der Waals surface area (Å²) in [6.45, 7) is 12.5. The van der Waals surface area contributed by atoms with Gasteiger partial charge in [0.05, 0.1) is 6.04 Å². The Morgan fingerprint density at radius 2 is 1.79 bits per heavy atom. The topological polar surface area (TPSA) is 53.2 Å². The maximum Gasteiger partial charge on any atom is 0.235 e. The lowest BCUT2D eigenvalue weighted by molar-refractivity contribution is -0.119. The van der Waals surface area contributed by atoms with Crippen LogP contribution in [-0.2, 0) is 4.79 Å². The van der Waals surface area contributed by atoms with E-state index in [9.17, 15) is 4.79 Å². The van der Waals surface area contributed by atoms with Crippen LogP contribution in [0.1, 0.15) is 48.1 Å². The van der Waals surface area contributed by atoms with Crippen molar-refractivity contribution in [2.24, 2.45) is 5.92 Å². The molecule has 28 heavy (non-hydrogen) atoms. The Kier molecular flexibility index (Phi) is 5.84. The standard InChI is InChI=1S/C23H27N3OS/c1-13(2)17-7-9-18(10-8-17)21-20(16(5)24-23(28)26-21)22(27)25-19-11-6-14(3)15(4)12-19/h6-13,20-21H,5H2,1-4H3,(H,25,27)(H2,24,26,28)/t20-,21+/m1/s1. The van der Waals surface area contributed by atoms with Gasteiger partial charge in [0.1, 0.15) is 5.92 Å². The maximum atomic E-state index is 13.1. The van der Waals surface area contributed by atoms with Crippen LogP contribution in [0.2, 0.25) is 0 Å². The van der Waals surface area contributed by atoms with Crippen LogP contribution in [0.25, 0.3) is 0 Å². The number of thiocarbonyl (C=S) groups is 1. The molecule has 2 atom stereocenters. The number of rotatable bonds is 4. The van der Waals surface area contributed by atoms with E-state index in [0.29, 0.717) is 16.7 Å². The SMILES string of the molecule is C=C1NC(=S)N[C@@H](c2ccc(C(C)C)cc2)[C@@H]1C(=O)Nc1ccc(C)c(C)c1. The van der Waals surface area contributed by atoms with Gasteiger partial charge in [-0.1, -0.05) is 50.8 Å². The van der Waals surface area contributed by atoms with E-state index < -0.39 is 5.92 Å². The van der Waals surface area contributed by atoms with Crippen molar-refractivity contribution in [3.63, 3.8) is 0 Å². The third kappa shape index (κ3) is 4.25. The second-order valence-corrected chi connectivity index (χ2v) is 8.10. The molecule has 5 heteroatoms. The van der Waals surface area contributed by atoms with E-state index >= 15 is 0 Å². The van der Waals surface area contributed by atoms with Crippen molar-refractivity contribution < 1.29 is 4.79 Å². The molecule has 0 aromatic heterocycles. The summed E-state index contributed by atoms with van der Waals surface area (Å²) in [5, 5.41) is 9.77. The second-order valence-electron chi connectivity index (χ2n) is 7.69. The number of benzene rings is 2. The van der Waals surface area contributed by atoms with Crippen molar-refractivity contribution >= 4 is 28.9 Å². The molecule has 0 aliphatic carbocycles. The van der Waals surface area contributed by atoms with Crippen LogP contribution in [0.5, 0.6) is 0 Å². The Morgan fingerprint density at radius 3 is 2.39 bits per heavy atom. The summed E-state index contributed by atoms with van der Waals surface area (Å²) in [6.07, 6.45) is 0. The van der Waals surface area contributed by atoms with E-state index in [-0.39, 0.29) is 11.9 Å². The van der Waals surface area contributed by atoms with E-state index in [0.717, 1.165) is 16.8 Å². The molecule has 1 aliphatic rings. The number of amides is 1. The highest BCUT2D eigenvalue weighted by Crippen LogP contribution is 2.31. The minimum atomic E-state index is -0.488. The monoisotopic (exact) mass is 393 g/mol. The quantitative estimate of drug-likeness (QED) is 0.658. The van der Waals surface area contributed by atoms with Crippen molar-refractivity contribution in [2.45, 2.75) is 39.7 Å². The fourth-order valence-electron chi connectivity index (χ4n) is 3.40. The van der Waals surface area contributed by atoms with Crippen molar-refractivity contribution in [3.8, 4) is 0 Å². The Morgan fingerprint density at radius 1 is 1.11 bits per heavy atom. The van der Waals surface area contributed by atoms with Crippen LogP contribution >= 0.6 is 12.2 Å². The van der Waals surface area contributed by atoms with Crippen molar-refractivity contribution in [1.82, 2.24) is 10.6 Å². The first-order valence-corrected chi connectivity index (χ1v) is 9.91. The van der Waals surface area contributed by atoms with Gasteiger partial charge in [0.15, 0.2) is 5.11 Å². The van der Waals surface area contributed by atoms with E-state index in [1.807, 2.05) is 25.1 Å². The van der Waals surface area contributed by atoms with Gasteiger partial charge in [0, 0.05) is 11.4 Å². The van der Waals surface area contributed by atoms with Crippen molar-refractivity contribution in [2.75, 3.05) is 5.32 Å². The van der Waals surface area contributed by atoms with Crippen LogP contribution in [0.3, 0.4) is 0 Å². The van der Waals surface area contributed by atoms with Gasteiger partial charge in [-0.2, -0.15) is 0 Å². The number of carbonyl (C=O) groups is 1. The van der Waals surface area contributed by atoms with Crippen molar-refractivity contribution in [3.05, 3.63) is 77.0 Å². The van der Waals surface area contributed by atoms with E-state index in [4.69, 9.17) is 12.2 Å². The fraction of sp³-hybridized carbons (Fsp3) is 0.304. The molecule has 1 heterocycles. The van der Waals surface area contributed by atoms with Crippen LogP contribution in [0.4, 0.5) is 5.69 Å². The maximum absolute atomic E-state index is 13.1. The number of carbonyl (C=O) groups excluding carboxylic acids is 1. The number of aryl methyl sites for hydroxylation is 2.